The number of benzene rings is 1. The lowest BCUT2D eigenvalue weighted by atomic mass is 10.1. The maximum atomic E-state index is 13.2. The molecule has 1 fully saturated rings. The molecule has 1 N–H and O–H groups in total. The van der Waals surface area contributed by atoms with Gasteiger partial charge in [0.2, 0.25) is 10.0 Å². The van der Waals surface area contributed by atoms with Crippen LogP contribution in [0.1, 0.15) is 25.4 Å². The van der Waals surface area contributed by atoms with Crippen LogP contribution in [0.4, 0.5) is 5.69 Å². The van der Waals surface area contributed by atoms with Crippen molar-refractivity contribution in [2.45, 2.75) is 38.8 Å². The lowest BCUT2D eigenvalue weighted by Crippen LogP contribution is -2.34. The third-order valence-electron chi connectivity index (χ3n) is 7.04. The third kappa shape index (κ3) is 3.50. The minimum atomic E-state index is -3.79. The molecule has 5 rings (SSSR count). The second-order valence-electron chi connectivity index (χ2n) is 8.71. The first-order valence-electron chi connectivity index (χ1n) is 10.6. The Kier molecular flexibility index (Phi) is 4.99. The molecule has 0 radical (unpaired) electrons. The van der Waals surface area contributed by atoms with Crippen LogP contribution in [0.5, 0.6) is 0 Å². The van der Waals surface area contributed by atoms with Crippen LogP contribution in [0.3, 0.4) is 0 Å². The second-order valence-corrected chi connectivity index (χ2v) is 10.8. The maximum absolute atomic E-state index is 13.2. The predicted molar refractivity (Wildman–Crippen MR) is 122 cm³/mol. The van der Waals surface area contributed by atoms with E-state index in [-0.39, 0.29) is 9.92 Å². The van der Waals surface area contributed by atoms with E-state index in [1.165, 1.54) is 0 Å². The van der Waals surface area contributed by atoms with E-state index in [0.29, 0.717) is 36.4 Å². The number of sulfonamides is 1. The van der Waals surface area contributed by atoms with E-state index in [1.807, 2.05) is 25.3 Å². The van der Waals surface area contributed by atoms with Gasteiger partial charge in [-0.15, -0.1) is 0 Å². The van der Waals surface area contributed by atoms with E-state index < -0.39 is 10.0 Å². The molecule has 0 spiro atoms. The van der Waals surface area contributed by atoms with Gasteiger partial charge in [0.05, 0.1) is 29.0 Å². The number of nitrogens with one attached hydrogen (secondary N) is 1. The van der Waals surface area contributed by atoms with Gasteiger partial charge in [0, 0.05) is 36.9 Å². The molecule has 1 aliphatic carbocycles. The average Bonchev–Trinajstić information content (AvgIpc) is 3.14. The highest BCUT2D eigenvalue weighted by Gasteiger charge is 2.43. The van der Waals surface area contributed by atoms with Crippen molar-refractivity contribution in [2.75, 3.05) is 18.0 Å². The number of nitrogens with zero attached hydrogens (tertiary/aromatic N) is 4. The molecule has 7 nitrogen and oxygen atoms in total. The summed E-state index contributed by atoms with van der Waals surface area (Å²) in [6.07, 6.45) is 3.57. The van der Waals surface area contributed by atoms with Crippen LogP contribution in [0.2, 0.25) is 5.02 Å². The Bertz CT molecular complexity index is 1260. The van der Waals surface area contributed by atoms with E-state index in [0.717, 1.165) is 35.7 Å². The van der Waals surface area contributed by atoms with Gasteiger partial charge in [-0.25, -0.2) is 18.1 Å². The molecule has 9 heteroatoms. The summed E-state index contributed by atoms with van der Waals surface area (Å²) in [5.41, 5.74) is 2.50. The SMILES string of the molecule is Cc1ncc2n1CCN(c1ccnc3c(S(=O)(=O)NCC4[C@H](C)[C@H]4C)c(Cl)ccc13)C2. The fourth-order valence-electron chi connectivity index (χ4n) is 4.75. The van der Waals surface area contributed by atoms with Crippen molar-refractivity contribution in [3.8, 4) is 0 Å². The molecule has 1 saturated carbocycles. The van der Waals surface area contributed by atoms with Crippen molar-refractivity contribution in [1.82, 2.24) is 19.3 Å². The van der Waals surface area contributed by atoms with Gasteiger partial charge >= 0.3 is 0 Å². The first-order valence-corrected chi connectivity index (χ1v) is 12.5. The second kappa shape index (κ2) is 7.46. The van der Waals surface area contributed by atoms with Crippen LogP contribution in [0.25, 0.3) is 10.9 Å². The van der Waals surface area contributed by atoms with Crippen LogP contribution >= 0.6 is 11.6 Å². The summed E-state index contributed by atoms with van der Waals surface area (Å²) >= 11 is 6.40. The number of fused-ring (bicyclic) bond motifs is 2. The molecule has 0 amide bonds. The Hall–Kier alpha value is -2.16. The Labute approximate surface area is 187 Å². The van der Waals surface area contributed by atoms with E-state index >= 15 is 0 Å². The number of hydrogen-bond donors (Lipinski definition) is 1. The smallest absolute Gasteiger partial charge is 0.244 e. The summed E-state index contributed by atoms with van der Waals surface area (Å²) in [5, 5.41) is 0.971. The Morgan fingerprint density at radius 2 is 1.94 bits per heavy atom. The molecule has 164 valence electrons. The number of imidazole rings is 1. The Balaban J connectivity index is 1.52. The number of hydrogen-bond acceptors (Lipinski definition) is 5. The molecule has 31 heavy (non-hydrogen) atoms. The third-order valence-corrected chi connectivity index (χ3v) is 8.96. The van der Waals surface area contributed by atoms with Crippen molar-refractivity contribution in [3.05, 3.63) is 47.1 Å². The monoisotopic (exact) mass is 459 g/mol. The molecule has 3 heterocycles. The first kappa shape index (κ1) is 20.7. The minimum Gasteiger partial charge on any atom is -0.363 e. The molecule has 2 aromatic heterocycles. The van der Waals surface area contributed by atoms with Crippen molar-refractivity contribution in [3.63, 3.8) is 0 Å². The highest BCUT2D eigenvalue weighted by atomic mass is 35.5. The van der Waals surface area contributed by atoms with Crippen LogP contribution in [0.15, 0.2) is 35.5 Å². The zero-order chi connectivity index (χ0) is 21.9. The van der Waals surface area contributed by atoms with Gasteiger partial charge in [-0.05, 0) is 42.9 Å². The maximum Gasteiger partial charge on any atom is 0.244 e. The van der Waals surface area contributed by atoms with E-state index in [4.69, 9.17) is 11.6 Å². The highest BCUT2D eigenvalue weighted by molar-refractivity contribution is 7.89. The highest BCUT2D eigenvalue weighted by Crippen LogP contribution is 2.45. The minimum absolute atomic E-state index is 0.0624. The summed E-state index contributed by atoms with van der Waals surface area (Å²) in [5.74, 6) is 2.45. The Morgan fingerprint density at radius 1 is 1.16 bits per heavy atom. The van der Waals surface area contributed by atoms with Gasteiger partial charge in [0.1, 0.15) is 10.7 Å². The molecule has 2 atom stereocenters. The van der Waals surface area contributed by atoms with Gasteiger partial charge in [-0.3, -0.25) is 4.98 Å². The molecule has 2 aliphatic rings. The van der Waals surface area contributed by atoms with Gasteiger partial charge < -0.3 is 9.47 Å². The summed E-state index contributed by atoms with van der Waals surface area (Å²) in [6.45, 7) is 9.08. The molecule has 1 aliphatic heterocycles. The van der Waals surface area contributed by atoms with Gasteiger partial charge in [-0.2, -0.15) is 0 Å². The van der Waals surface area contributed by atoms with Crippen LogP contribution in [-0.4, -0.2) is 36.0 Å². The van der Waals surface area contributed by atoms with Gasteiger partial charge in [-0.1, -0.05) is 25.4 Å². The summed E-state index contributed by atoms with van der Waals surface area (Å²) in [6, 6.07) is 5.46. The molecule has 0 saturated heterocycles. The van der Waals surface area contributed by atoms with Crippen molar-refractivity contribution in [1.29, 1.82) is 0 Å². The summed E-state index contributed by atoms with van der Waals surface area (Å²) < 4.78 is 31.4. The standard InChI is InChI=1S/C22H26ClN5O2S/c1-13-14(2)18(13)11-26-31(29,30)22-19(23)5-4-17-20(6-7-24-21(17)22)27-8-9-28-15(3)25-10-16(28)12-27/h4-7,10,13-14,18,26H,8-9,11-12H2,1-3H3/t13-,14-/m1/s1. The molecule has 0 bridgehead atoms. The van der Waals surface area contributed by atoms with E-state index in [9.17, 15) is 8.42 Å². The normalized spacial score (nSPS) is 23.2. The molecular weight excluding hydrogens is 434 g/mol. The zero-order valence-electron chi connectivity index (χ0n) is 17.8. The van der Waals surface area contributed by atoms with Crippen molar-refractivity contribution in [2.24, 2.45) is 17.8 Å². The van der Waals surface area contributed by atoms with Gasteiger partial charge in [0.25, 0.3) is 0 Å². The largest absolute Gasteiger partial charge is 0.363 e. The quantitative estimate of drug-likeness (QED) is 0.630. The average molecular weight is 460 g/mol. The van der Waals surface area contributed by atoms with Crippen molar-refractivity contribution >= 4 is 38.2 Å². The number of anilines is 1. The summed E-state index contributed by atoms with van der Waals surface area (Å²) in [4.78, 5) is 11.2. The van der Waals surface area contributed by atoms with Crippen molar-refractivity contribution < 1.29 is 8.42 Å². The predicted octanol–water partition coefficient (Wildman–Crippen LogP) is 3.59. The number of pyridine rings is 1. The number of rotatable bonds is 5. The number of halogens is 1. The van der Waals surface area contributed by atoms with Gasteiger partial charge in [0.15, 0.2) is 0 Å². The molecular formula is C22H26ClN5O2S. The molecule has 3 aromatic rings. The summed E-state index contributed by atoms with van der Waals surface area (Å²) in [7, 11) is -3.79. The number of aromatic nitrogens is 3. The van der Waals surface area contributed by atoms with E-state index in [1.54, 1.807) is 12.3 Å². The molecule has 0 unspecified atom stereocenters. The zero-order valence-corrected chi connectivity index (χ0v) is 19.4. The topological polar surface area (TPSA) is 80.1 Å². The fourth-order valence-corrected chi connectivity index (χ4v) is 6.50. The lowest BCUT2D eigenvalue weighted by molar-refractivity contribution is 0.561. The van der Waals surface area contributed by atoms with Crippen LogP contribution in [0, 0.1) is 24.7 Å². The fraction of sp³-hybridized carbons (Fsp3) is 0.455. The van der Waals surface area contributed by atoms with Crippen LogP contribution in [-0.2, 0) is 23.1 Å². The molecule has 1 aromatic carbocycles. The first-order chi connectivity index (χ1) is 14.8. The van der Waals surface area contributed by atoms with Crippen LogP contribution < -0.4 is 9.62 Å². The lowest BCUT2D eigenvalue weighted by Gasteiger charge is -2.31. The number of aryl methyl sites for hydroxylation is 1. The Morgan fingerprint density at radius 3 is 2.68 bits per heavy atom. The van der Waals surface area contributed by atoms with E-state index in [2.05, 4.69) is 38.0 Å².